The van der Waals surface area contributed by atoms with Gasteiger partial charge in [-0.05, 0) is 63.6 Å². The van der Waals surface area contributed by atoms with Gasteiger partial charge in [-0.15, -0.1) is 0 Å². The van der Waals surface area contributed by atoms with Gasteiger partial charge in [0.15, 0.2) is 0 Å². The zero-order chi connectivity index (χ0) is 16.3. The lowest BCUT2D eigenvalue weighted by Crippen LogP contribution is -2.48. The average molecular weight is 334 g/mol. The van der Waals surface area contributed by atoms with Crippen molar-refractivity contribution in [2.45, 2.75) is 43.8 Å². The van der Waals surface area contributed by atoms with Gasteiger partial charge in [-0.2, -0.15) is 11.8 Å². The monoisotopic (exact) mass is 333 g/mol. The number of piperidine rings is 1. The molecule has 0 radical (unpaired) electrons. The molecular formula is C18H27N3OS. The van der Waals surface area contributed by atoms with Crippen LogP contribution >= 0.6 is 11.8 Å². The molecule has 1 N–H and O–H groups in total. The summed E-state index contributed by atoms with van der Waals surface area (Å²) in [6.45, 7) is 5.28. The lowest BCUT2D eigenvalue weighted by Gasteiger charge is -2.45. The highest BCUT2D eigenvalue weighted by molar-refractivity contribution is 8.00. The Morgan fingerprint density at radius 2 is 2.13 bits per heavy atom. The number of aryl methyl sites for hydroxylation is 1. The van der Waals surface area contributed by atoms with Gasteiger partial charge in [0, 0.05) is 23.4 Å². The average Bonchev–Trinajstić information content (AvgIpc) is 2.53. The number of thioether (sulfide) groups is 1. The molecule has 3 rings (SSSR count). The van der Waals surface area contributed by atoms with Gasteiger partial charge < -0.3 is 10.2 Å². The largest absolute Gasteiger partial charge is 0.310 e. The molecule has 1 aliphatic carbocycles. The molecule has 1 aliphatic heterocycles. The van der Waals surface area contributed by atoms with Crippen LogP contribution in [0.5, 0.6) is 0 Å². The fourth-order valence-corrected chi connectivity index (χ4v) is 4.54. The number of pyridine rings is 1. The van der Waals surface area contributed by atoms with E-state index in [4.69, 9.17) is 0 Å². The molecule has 5 heteroatoms. The molecule has 4 nitrogen and oxygen atoms in total. The van der Waals surface area contributed by atoms with Gasteiger partial charge in [-0.3, -0.25) is 4.79 Å². The number of amides is 1. The van der Waals surface area contributed by atoms with Crippen molar-refractivity contribution in [1.29, 1.82) is 0 Å². The molecule has 23 heavy (non-hydrogen) atoms. The van der Waals surface area contributed by atoms with Crippen LogP contribution in [0.1, 0.15) is 37.7 Å². The summed E-state index contributed by atoms with van der Waals surface area (Å²) in [5, 5.41) is 2.96. The van der Waals surface area contributed by atoms with E-state index >= 15 is 0 Å². The molecule has 126 valence electrons. The molecule has 1 aromatic heterocycles. The summed E-state index contributed by atoms with van der Waals surface area (Å²) >= 11 is 2.03. The fraction of sp³-hybridized carbons (Fsp3) is 0.667. The van der Waals surface area contributed by atoms with Gasteiger partial charge in [-0.1, -0.05) is 12.5 Å². The fourth-order valence-electron chi connectivity index (χ4n) is 3.53. The van der Waals surface area contributed by atoms with Crippen LogP contribution in [0.15, 0.2) is 18.3 Å². The van der Waals surface area contributed by atoms with E-state index in [1.54, 1.807) is 6.20 Å². The van der Waals surface area contributed by atoms with Crippen LogP contribution in [0.2, 0.25) is 0 Å². The lowest BCUT2D eigenvalue weighted by atomic mass is 9.83. The zero-order valence-electron chi connectivity index (χ0n) is 14.2. The molecule has 0 spiro atoms. The number of likely N-dealkylation sites (tertiary alicyclic amines) is 1. The third kappa shape index (κ3) is 4.07. The number of carbonyl (C=O) groups is 1. The van der Waals surface area contributed by atoms with Crippen LogP contribution in [0.3, 0.4) is 0 Å². The lowest BCUT2D eigenvalue weighted by molar-refractivity contribution is -0.121. The van der Waals surface area contributed by atoms with Gasteiger partial charge >= 0.3 is 0 Å². The van der Waals surface area contributed by atoms with Crippen molar-refractivity contribution in [2.75, 3.05) is 31.2 Å². The standard InChI is InChI=1S/C18H27N3OS/c1-14-4-5-16(19-12-14)20-17(22)15-6-10-21(11-7-15)13-18(23-2)8-3-9-18/h4-5,12,15H,3,6-11,13H2,1-2H3,(H,19,20,22). The SMILES string of the molecule is CSC1(CN2CCC(C(=O)Nc3ccc(C)cn3)CC2)CCC1. The van der Waals surface area contributed by atoms with E-state index in [9.17, 15) is 4.79 Å². The summed E-state index contributed by atoms with van der Waals surface area (Å²) < 4.78 is 0.501. The summed E-state index contributed by atoms with van der Waals surface area (Å²) in [6.07, 6.45) is 10.0. The molecule has 0 unspecified atom stereocenters. The Balaban J connectivity index is 1.46. The van der Waals surface area contributed by atoms with E-state index in [1.165, 1.54) is 25.8 Å². The highest BCUT2D eigenvalue weighted by atomic mass is 32.2. The van der Waals surface area contributed by atoms with Crippen molar-refractivity contribution < 1.29 is 4.79 Å². The second-order valence-corrected chi connectivity index (χ2v) is 8.28. The molecule has 1 saturated heterocycles. The Labute approximate surface area is 143 Å². The van der Waals surface area contributed by atoms with E-state index < -0.39 is 0 Å². The minimum Gasteiger partial charge on any atom is -0.310 e. The molecule has 1 aromatic rings. The van der Waals surface area contributed by atoms with Crippen molar-refractivity contribution in [3.05, 3.63) is 23.9 Å². The number of nitrogens with zero attached hydrogens (tertiary/aromatic N) is 2. The predicted molar refractivity (Wildman–Crippen MR) is 96.9 cm³/mol. The maximum Gasteiger partial charge on any atom is 0.228 e. The van der Waals surface area contributed by atoms with E-state index in [0.717, 1.165) is 31.5 Å². The van der Waals surface area contributed by atoms with Crippen LogP contribution in [-0.2, 0) is 4.79 Å². The Bertz CT molecular complexity index is 528. The van der Waals surface area contributed by atoms with Crippen LogP contribution in [-0.4, -0.2) is 46.4 Å². The molecule has 0 aromatic carbocycles. The Morgan fingerprint density at radius 3 is 2.65 bits per heavy atom. The molecule has 2 fully saturated rings. The molecular weight excluding hydrogens is 306 g/mol. The van der Waals surface area contributed by atoms with Crippen LogP contribution in [0.4, 0.5) is 5.82 Å². The van der Waals surface area contributed by atoms with Crippen LogP contribution in [0.25, 0.3) is 0 Å². The molecule has 1 amide bonds. The topological polar surface area (TPSA) is 45.2 Å². The van der Waals surface area contributed by atoms with E-state index in [0.29, 0.717) is 10.6 Å². The van der Waals surface area contributed by atoms with Crippen molar-refractivity contribution in [2.24, 2.45) is 5.92 Å². The van der Waals surface area contributed by atoms with Crippen molar-refractivity contribution >= 4 is 23.5 Å². The molecule has 2 aliphatic rings. The number of hydrogen-bond donors (Lipinski definition) is 1. The van der Waals surface area contributed by atoms with Gasteiger partial charge in [0.05, 0.1) is 0 Å². The Morgan fingerprint density at radius 1 is 1.39 bits per heavy atom. The predicted octanol–water partition coefficient (Wildman–Crippen LogP) is 3.33. The van der Waals surface area contributed by atoms with Crippen LogP contribution < -0.4 is 5.32 Å². The summed E-state index contributed by atoms with van der Waals surface area (Å²) in [5.74, 6) is 0.920. The summed E-state index contributed by atoms with van der Waals surface area (Å²) in [7, 11) is 0. The van der Waals surface area contributed by atoms with Crippen molar-refractivity contribution in [1.82, 2.24) is 9.88 Å². The highest BCUT2D eigenvalue weighted by Gasteiger charge is 2.38. The third-order valence-corrected chi connectivity index (χ3v) is 6.73. The van der Waals surface area contributed by atoms with Gasteiger partial charge in [0.2, 0.25) is 5.91 Å². The van der Waals surface area contributed by atoms with Gasteiger partial charge in [-0.25, -0.2) is 4.98 Å². The number of rotatable bonds is 5. The summed E-state index contributed by atoms with van der Waals surface area (Å²) in [4.78, 5) is 19.2. The first-order chi connectivity index (χ1) is 11.1. The minimum absolute atomic E-state index is 0.126. The quantitative estimate of drug-likeness (QED) is 0.898. The Kier molecular flexibility index (Phi) is 5.27. The number of anilines is 1. The van der Waals surface area contributed by atoms with Crippen molar-refractivity contribution in [3.63, 3.8) is 0 Å². The number of carbonyl (C=O) groups excluding carboxylic acids is 1. The number of hydrogen-bond acceptors (Lipinski definition) is 4. The first-order valence-electron chi connectivity index (χ1n) is 8.61. The smallest absolute Gasteiger partial charge is 0.228 e. The number of nitrogens with one attached hydrogen (secondary N) is 1. The maximum atomic E-state index is 12.4. The van der Waals surface area contributed by atoms with Gasteiger partial charge in [0.1, 0.15) is 5.82 Å². The first kappa shape index (κ1) is 16.8. The molecule has 2 heterocycles. The van der Waals surface area contributed by atoms with Crippen LogP contribution in [0, 0.1) is 12.8 Å². The Hall–Kier alpha value is -1.07. The maximum absolute atomic E-state index is 12.4. The molecule has 0 bridgehead atoms. The third-order valence-electron chi connectivity index (χ3n) is 5.33. The second-order valence-electron chi connectivity index (χ2n) is 7.00. The summed E-state index contributed by atoms with van der Waals surface area (Å²) in [5.41, 5.74) is 1.11. The molecule has 0 atom stereocenters. The minimum atomic E-state index is 0.126. The normalized spacial score (nSPS) is 21.7. The van der Waals surface area contributed by atoms with E-state index in [2.05, 4.69) is 21.5 Å². The second kappa shape index (κ2) is 7.22. The summed E-state index contributed by atoms with van der Waals surface area (Å²) in [6, 6.07) is 3.85. The van der Waals surface area contributed by atoms with Gasteiger partial charge in [0.25, 0.3) is 0 Å². The first-order valence-corrected chi connectivity index (χ1v) is 9.84. The highest BCUT2D eigenvalue weighted by Crippen LogP contribution is 2.43. The van der Waals surface area contributed by atoms with E-state index in [-0.39, 0.29) is 11.8 Å². The molecule has 1 saturated carbocycles. The van der Waals surface area contributed by atoms with E-state index in [1.807, 2.05) is 30.8 Å². The zero-order valence-corrected chi connectivity index (χ0v) is 15.0. The van der Waals surface area contributed by atoms with Crippen molar-refractivity contribution in [3.8, 4) is 0 Å². The number of aromatic nitrogens is 1.